The Balaban J connectivity index is 0.937. The van der Waals surface area contributed by atoms with Gasteiger partial charge in [0.05, 0.1) is 16.7 Å². The molecule has 11 aromatic carbocycles. The molecule has 0 N–H and O–H groups in total. The Morgan fingerprint density at radius 1 is 0.288 bits per heavy atom. The molecule has 0 aliphatic rings. The van der Waals surface area contributed by atoms with Gasteiger partial charge in [-0.05, 0) is 85.2 Å². The molecule has 3 aromatic heterocycles. The Labute approximate surface area is 378 Å². The fourth-order valence-electron chi connectivity index (χ4n) is 10.2. The maximum atomic E-state index is 6.95. The minimum Gasteiger partial charge on any atom is -0.456 e. The van der Waals surface area contributed by atoms with Gasteiger partial charge in [-0.2, -0.15) is 0 Å². The zero-order valence-corrected chi connectivity index (χ0v) is 35.5. The van der Waals surface area contributed by atoms with Gasteiger partial charge < -0.3 is 8.98 Å². The van der Waals surface area contributed by atoms with Crippen LogP contribution >= 0.6 is 0 Å². The third kappa shape index (κ3) is 5.70. The number of hydrogen-bond donors (Lipinski definition) is 0. The monoisotopic (exact) mass is 840 g/mol. The summed E-state index contributed by atoms with van der Waals surface area (Å²) in [4.78, 5) is 15.3. The number of rotatable bonds is 5. The van der Waals surface area contributed by atoms with Crippen molar-refractivity contribution in [2.75, 3.05) is 0 Å². The lowest BCUT2D eigenvalue weighted by Gasteiger charge is -2.13. The molecule has 66 heavy (non-hydrogen) atoms. The van der Waals surface area contributed by atoms with Crippen molar-refractivity contribution in [1.29, 1.82) is 0 Å². The summed E-state index contributed by atoms with van der Waals surface area (Å²) in [6.07, 6.45) is 0. The number of fused-ring (bicyclic) bond motifs is 12. The Hall–Kier alpha value is -8.93. The number of furan rings is 1. The van der Waals surface area contributed by atoms with E-state index in [1.807, 2.05) is 30.3 Å². The summed E-state index contributed by atoms with van der Waals surface area (Å²) in [5.74, 6) is 1.80. The zero-order chi connectivity index (χ0) is 43.3. The quantitative estimate of drug-likeness (QED) is 0.173. The predicted molar refractivity (Wildman–Crippen MR) is 273 cm³/mol. The zero-order valence-electron chi connectivity index (χ0n) is 35.5. The third-order valence-corrected chi connectivity index (χ3v) is 13.4. The fourth-order valence-corrected chi connectivity index (χ4v) is 10.2. The minimum atomic E-state index is 0.579. The molecule has 0 saturated carbocycles. The molecule has 14 aromatic rings. The molecule has 0 aliphatic heterocycles. The molecule has 0 saturated heterocycles. The molecule has 306 valence electrons. The van der Waals surface area contributed by atoms with Crippen LogP contribution in [-0.2, 0) is 0 Å². The van der Waals surface area contributed by atoms with Crippen molar-refractivity contribution < 1.29 is 4.42 Å². The summed E-state index contributed by atoms with van der Waals surface area (Å²) in [7, 11) is 0. The van der Waals surface area contributed by atoms with Crippen molar-refractivity contribution in [2.45, 2.75) is 0 Å². The summed E-state index contributed by atoms with van der Waals surface area (Å²) in [6, 6.07) is 77.5. The van der Waals surface area contributed by atoms with E-state index in [-0.39, 0.29) is 0 Å². The van der Waals surface area contributed by atoms with E-state index in [1.165, 1.54) is 43.1 Å². The van der Waals surface area contributed by atoms with Crippen LogP contribution in [0.15, 0.2) is 223 Å². The normalized spacial score (nSPS) is 11.9. The molecule has 0 atom stereocenters. The van der Waals surface area contributed by atoms with E-state index in [1.54, 1.807) is 0 Å². The molecular formula is C61H36N4O. The number of nitrogens with zero attached hydrogens (tertiary/aromatic N) is 4. The largest absolute Gasteiger partial charge is 0.456 e. The van der Waals surface area contributed by atoms with Crippen LogP contribution in [-0.4, -0.2) is 19.5 Å². The highest BCUT2D eigenvalue weighted by atomic mass is 16.3. The van der Waals surface area contributed by atoms with Gasteiger partial charge in [-0.3, -0.25) is 0 Å². The minimum absolute atomic E-state index is 0.579. The SMILES string of the molecule is c1ccc(-c2nc(-c3ccc(-c4ccc5ccccc5c4)cc3)nc(-c3ccc4c(c3)oc3cc(-n5c6cc7ccccc7cc6c6c7ccccc7ccc65)c5ccccc5c34)n2)cc1. The van der Waals surface area contributed by atoms with Gasteiger partial charge in [0.1, 0.15) is 11.2 Å². The summed E-state index contributed by atoms with van der Waals surface area (Å²) in [5, 5.41) is 14.2. The average Bonchev–Trinajstić information content (AvgIpc) is 3.92. The van der Waals surface area contributed by atoms with E-state index in [4.69, 9.17) is 19.4 Å². The summed E-state index contributed by atoms with van der Waals surface area (Å²) in [5.41, 5.74) is 9.96. The van der Waals surface area contributed by atoms with Gasteiger partial charge >= 0.3 is 0 Å². The van der Waals surface area contributed by atoms with Crippen molar-refractivity contribution in [2.24, 2.45) is 0 Å². The number of hydrogen-bond acceptors (Lipinski definition) is 4. The first-order chi connectivity index (χ1) is 32.7. The van der Waals surface area contributed by atoms with Crippen molar-refractivity contribution in [1.82, 2.24) is 19.5 Å². The first-order valence-electron chi connectivity index (χ1n) is 22.3. The maximum Gasteiger partial charge on any atom is 0.164 e. The fraction of sp³-hybridized carbons (Fsp3) is 0. The van der Waals surface area contributed by atoms with Crippen LogP contribution in [0.1, 0.15) is 0 Å². The molecule has 5 heteroatoms. The molecule has 0 radical (unpaired) electrons. The standard InChI is InChI=1S/C61H36N4O/c1-2-14-40(15-3-1)59-62-60(41-25-22-38(23-26-41)45-27-24-37-12-4-5-16-42(37)32-45)64-61(63-59)46-28-30-50-55(35-46)66-56-36-54(48-20-10-11-21-49(48)58(50)56)65-52-31-29-39-13-8-9-19-47(39)57(52)51-33-43-17-6-7-18-44(43)34-53(51)65/h1-36H. The van der Waals surface area contributed by atoms with E-state index in [0.717, 1.165) is 77.2 Å². The highest BCUT2D eigenvalue weighted by Gasteiger charge is 2.22. The molecule has 0 unspecified atom stereocenters. The summed E-state index contributed by atoms with van der Waals surface area (Å²) in [6.45, 7) is 0. The van der Waals surface area contributed by atoms with Crippen molar-refractivity contribution in [3.63, 3.8) is 0 Å². The number of benzene rings is 11. The maximum absolute atomic E-state index is 6.95. The van der Waals surface area contributed by atoms with Gasteiger partial charge in [0.15, 0.2) is 17.5 Å². The highest BCUT2D eigenvalue weighted by Crippen LogP contribution is 2.44. The molecule has 14 rings (SSSR count). The van der Waals surface area contributed by atoms with Gasteiger partial charge in [0.2, 0.25) is 0 Å². The molecular weight excluding hydrogens is 805 g/mol. The van der Waals surface area contributed by atoms with Gasteiger partial charge in [0, 0.05) is 49.7 Å². The molecule has 0 fully saturated rings. The van der Waals surface area contributed by atoms with E-state index in [2.05, 4.69) is 193 Å². The van der Waals surface area contributed by atoms with Gasteiger partial charge in [0.25, 0.3) is 0 Å². The Morgan fingerprint density at radius 2 is 0.848 bits per heavy atom. The Morgan fingerprint density at radius 3 is 1.62 bits per heavy atom. The summed E-state index contributed by atoms with van der Waals surface area (Å²) < 4.78 is 9.39. The molecule has 5 nitrogen and oxygen atoms in total. The van der Waals surface area contributed by atoms with Crippen LogP contribution in [0.25, 0.3) is 138 Å². The lowest BCUT2D eigenvalue weighted by molar-refractivity contribution is 0.669. The molecule has 3 heterocycles. The second kappa shape index (κ2) is 14.3. The number of aromatic nitrogens is 4. The van der Waals surface area contributed by atoms with E-state index < -0.39 is 0 Å². The van der Waals surface area contributed by atoms with Crippen LogP contribution in [0.3, 0.4) is 0 Å². The molecule has 0 aliphatic carbocycles. The highest BCUT2D eigenvalue weighted by molar-refractivity contribution is 6.25. The lowest BCUT2D eigenvalue weighted by atomic mass is 10.00. The average molecular weight is 841 g/mol. The molecule has 0 amide bonds. The Bertz CT molecular complexity index is 4280. The van der Waals surface area contributed by atoms with Crippen LogP contribution < -0.4 is 0 Å². The van der Waals surface area contributed by atoms with E-state index in [9.17, 15) is 0 Å². The van der Waals surface area contributed by atoms with E-state index >= 15 is 0 Å². The third-order valence-electron chi connectivity index (χ3n) is 13.4. The smallest absolute Gasteiger partial charge is 0.164 e. The second-order valence-corrected chi connectivity index (χ2v) is 17.2. The van der Waals surface area contributed by atoms with E-state index in [0.29, 0.717) is 17.5 Å². The molecule has 0 bridgehead atoms. The van der Waals surface area contributed by atoms with Crippen LogP contribution in [0.2, 0.25) is 0 Å². The topological polar surface area (TPSA) is 56.7 Å². The van der Waals surface area contributed by atoms with Gasteiger partial charge in [-0.15, -0.1) is 0 Å². The van der Waals surface area contributed by atoms with Crippen molar-refractivity contribution in [3.05, 3.63) is 218 Å². The van der Waals surface area contributed by atoms with Gasteiger partial charge in [-0.25, -0.2) is 15.0 Å². The van der Waals surface area contributed by atoms with Crippen LogP contribution in [0.4, 0.5) is 0 Å². The van der Waals surface area contributed by atoms with Crippen LogP contribution in [0, 0.1) is 0 Å². The van der Waals surface area contributed by atoms with Gasteiger partial charge in [-0.1, -0.05) is 176 Å². The first kappa shape index (κ1) is 36.5. The van der Waals surface area contributed by atoms with Crippen LogP contribution in [0.5, 0.6) is 0 Å². The van der Waals surface area contributed by atoms with Crippen molar-refractivity contribution >= 4 is 86.8 Å². The first-order valence-corrected chi connectivity index (χ1v) is 22.3. The second-order valence-electron chi connectivity index (χ2n) is 17.2. The Kier molecular flexibility index (Phi) is 7.91. The van der Waals surface area contributed by atoms with Crippen molar-refractivity contribution in [3.8, 4) is 51.0 Å². The summed E-state index contributed by atoms with van der Waals surface area (Å²) >= 11 is 0. The lowest BCUT2D eigenvalue weighted by Crippen LogP contribution is -2.00. The molecule has 0 spiro atoms. The predicted octanol–water partition coefficient (Wildman–Crippen LogP) is 16.1.